The first-order valence-corrected chi connectivity index (χ1v) is 5.90. The van der Waals surface area contributed by atoms with Gasteiger partial charge in [-0.25, -0.2) is 0 Å². The fourth-order valence-corrected chi connectivity index (χ4v) is 3.08. The van der Waals surface area contributed by atoms with Crippen LogP contribution in [0.5, 0.6) is 0 Å². The molecule has 1 aromatic rings. The molecule has 0 bridgehead atoms. The number of carboxylic acids is 1. The lowest BCUT2D eigenvalue weighted by Crippen LogP contribution is -2.07. The molecule has 0 saturated heterocycles. The van der Waals surface area contributed by atoms with Gasteiger partial charge in [0.05, 0.1) is 10.6 Å². The van der Waals surface area contributed by atoms with Crippen molar-refractivity contribution in [1.29, 1.82) is 0 Å². The van der Waals surface area contributed by atoms with E-state index in [-0.39, 0.29) is 11.7 Å². The molecule has 1 atom stereocenters. The van der Waals surface area contributed by atoms with Gasteiger partial charge in [-0.05, 0) is 17.9 Å². The van der Waals surface area contributed by atoms with Gasteiger partial charge in [0.25, 0.3) is 0 Å². The molecule has 1 N–H and O–H groups in total. The third kappa shape index (κ3) is 3.83. The molecular weight excluding hydrogens is 204 g/mol. The number of thioether (sulfide) groups is 1. The summed E-state index contributed by atoms with van der Waals surface area (Å²) < 4.78 is 1.20. The van der Waals surface area contributed by atoms with Crippen LogP contribution in [-0.2, 0) is 4.79 Å². The average Bonchev–Trinajstić information content (AvgIpc) is 2.55. The van der Waals surface area contributed by atoms with E-state index in [0.29, 0.717) is 0 Å². The maximum atomic E-state index is 10.5. The van der Waals surface area contributed by atoms with Crippen LogP contribution in [0.15, 0.2) is 21.7 Å². The summed E-state index contributed by atoms with van der Waals surface area (Å²) in [6.45, 7) is 2.02. The fraction of sp³-hybridized carbons (Fsp3) is 0.444. The van der Waals surface area contributed by atoms with E-state index in [9.17, 15) is 4.79 Å². The van der Waals surface area contributed by atoms with E-state index >= 15 is 0 Å². The maximum absolute atomic E-state index is 10.5. The van der Waals surface area contributed by atoms with Crippen LogP contribution in [0.2, 0.25) is 0 Å². The minimum Gasteiger partial charge on any atom is -0.481 e. The summed E-state index contributed by atoms with van der Waals surface area (Å²) in [6.07, 6.45) is 1.15. The van der Waals surface area contributed by atoms with Crippen LogP contribution in [-0.4, -0.2) is 16.3 Å². The molecule has 0 aliphatic rings. The van der Waals surface area contributed by atoms with Gasteiger partial charge in [-0.15, -0.1) is 23.1 Å². The highest BCUT2D eigenvalue weighted by atomic mass is 32.2. The minimum absolute atomic E-state index is 0.205. The molecule has 0 aliphatic carbocycles. The van der Waals surface area contributed by atoms with Crippen LogP contribution in [0.1, 0.15) is 19.8 Å². The van der Waals surface area contributed by atoms with Gasteiger partial charge in [0.2, 0.25) is 0 Å². The smallest absolute Gasteiger partial charge is 0.304 e. The van der Waals surface area contributed by atoms with Gasteiger partial charge in [0, 0.05) is 5.25 Å². The quantitative estimate of drug-likeness (QED) is 0.768. The topological polar surface area (TPSA) is 37.3 Å². The lowest BCUT2D eigenvalue weighted by Gasteiger charge is -2.09. The Hall–Kier alpha value is -0.480. The molecule has 0 fully saturated rings. The Morgan fingerprint density at radius 2 is 2.54 bits per heavy atom. The Labute approximate surface area is 86.0 Å². The van der Waals surface area contributed by atoms with E-state index in [2.05, 4.69) is 0 Å². The molecule has 1 unspecified atom stereocenters. The van der Waals surface area contributed by atoms with Gasteiger partial charge < -0.3 is 5.11 Å². The highest BCUT2D eigenvalue weighted by molar-refractivity contribution is 8.01. The lowest BCUT2D eigenvalue weighted by atomic mass is 10.2. The molecule has 0 radical (unpaired) electrons. The number of thiophene rings is 1. The first-order valence-electron chi connectivity index (χ1n) is 4.14. The zero-order chi connectivity index (χ0) is 9.68. The standard InChI is InChI=1S/C9H12O2S2/c1-2-7(6-8(10)11)13-9-4-3-5-12-9/h3-5,7H,2,6H2,1H3,(H,10,11). The van der Waals surface area contributed by atoms with Crippen LogP contribution in [0.3, 0.4) is 0 Å². The second-order valence-electron chi connectivity index (χ2n) is 2.68. The van der Waals surface area contributed by atoms with Gasteiger partial charge in [-0.2, -0.15) is 0 Å². The predicted octanol–water partition coefficient (Wildman–Crippen LogP) is 3.09. The summed E-state index contributed by atoms with van der Waals surface area (Å²) in [4.78, 5) is 10.5. The van der Waals surface area contributed by atoms with Crippen LogP contribution < -0.4 is 0 Å². The number of hydrogen-bond acceptors (Lipinski definition) is 3. The van der Waals surface area contributed by atoms with Crippen LogP contribution in [0.4, 0.5) is 0 Å². The van der Waals surface area contributed by atoms with E-state index in [0.717, 1.165) is 6.42 Å². The summed E-state index contributed by atoms with van der Waals surface area (Å²) in [7, 11) is 0. The van der Waals surface area contributed by atoms with Crippen LogP contribution in [0.25, 0.3) is 0 Å². The van der Waals surface area contributed by atoms with Gasteiger partial charge in [0.15, 0.2) is 0 Å². The Morgan fingerprint density at radius 1 is 1.77 bits per heavy atom. The fourth-order valence-electron chi connectivity index (χ4n) is 0.959. The summed E-state index contributed by atoms with van der Waals surface area (Å²) >= 11 is 3.33. The Kier molecular flexibility index (Phi) is 4.32. The Bertz CT molecular complexity index is 257. The SMILES string of the molecule is CCC(CC(=O)O)Sc1cccs1. The first kappa shape index (κ1) is 10.6. The predicted molar refractivity (Wildman–Crippen MR) is 56.5 cm³/mol. The van der Waals surface area contributed by atoms with E-state index in [1.54, 1.807) is 23.1 Å². The highest BCUT2D eigenvalue weighted by Crippen LogP contribution is 2.30. The molecule has 13 heavy (non-hydrogen) atoms. The van der Waals surface area contributed by atoms with E-state index in [1.165, 1.54) is 4.21 Å². The van der Waals surface area contributed by atoms with E-state index < -0.39 is 5.97 Å². The summed E-state index contributed by atoms with van der Waals surface area (Å²) in [5, 5.41) is 10.8. The van der Waals surface area contributed by atoms with Crippen molar-refractivity contribution in [2.24, 2.45) is 0 Å². The molecule has 0 spiro atoms. The molecule has 0 aliphatic heterocycles. The molecule has 0 aromatic carbocycles. The van der Waals surface area contributed by atoms with Crippen molar-refractivity contribution in [2.45, 2.75) is 29.2 Å². The number of hydrogen-bond donors (Lipinski definition) is 1. The Balaban J connectivity index is 2.45. The van der Waals surface area contributed by atoms with Gasteiger partial charge in [0.1, 0.15) is 0 Å². The molecule has 2 nitrogen and oxygen atoms in total. The minimum atomic E-state index is -0.712. The molecule has 72 valence electrons. The molecular formula is C9H12O2S2. The van der Waals surface area contributed by atoms with E-state index in [4.69, 9.17) is 5.11 Å². The zero-order valence-corrected chi connectivity index (χ0v) is 9.03. The Morgan fingerprint density at radius 3 is 3.00 bits per heavy atom. The largest absolute Gasteiger partial charge is 0.481 e. The molecule has 0 saturated carbocycles. The monoisotopic (exact) mass is 216 g/mol. The maximum Gasteiger partial charge on any atom is 0.304 e. The van der Waals surface area contributed by atoms with Crippen molar-refractivity contribution in [3.05, 3.63) is 17.5 Å². The number of carbonyl (C=O) groups is 1. The van der Waals surface area contributed by atoms with Crippen molar-refractivity contribution in [1.82, 2.24) is 0 Å². The molecule has 1 heterocycles. The van der Waals surface area contributed by atoms with Crippen LogP contribution >= 0.6 is 23.1 Å². The molecule has 0 amide bonds. The third-order valence-electron chi connectivity index (χ3n) is 1.64. The summed E-state index contributed by atoms with van der Waals surface area (Å²) in [6, 6.07) is 4.01. The molecule has 4 heteroatoms. The normalized spacial score (nSPS) is 12.7. The zero-order valence-electron chi connectivity index (χ0n) is 7.40. The molecule has 1 rings (SSSR count). The van der Waals surface area contributed by atoms with Crippen molar-refractivity contribution in [3.8, 4) is 0 Å². The first-order chi connectivity index (χ1) is 6.22. The van der Waals surface area contributed by atoms with Crippen LogP contribution in [0, 0.1) is 0 Å². The summed E-state index contributed by atoms with van der Waals surface area (Å²) in [5.41, 5.74) is 0. The van der Waals surface area contributed by atoms with Gasteiger partial charge >= 0.3 is 5.97 Å². The average molecular weight is 216 g/mol. The lowest BCUT2D eigenvalue weighted by molar-refractivity contribution is -0.136. The number of aliphatic carboxylic acids is 1. The van der Waals surface area contributed by atoms with Gasteiger partial charge in [-0.3, -0.25) is 4.79 Å². The summed E-state index contributed by atoms with van der Waals surface area (Å²) in [5.74, 6) is -0.712. The molecule has 1 aromatic heterocycles. The highest BCUT2D eigenvalue weighted by Gasteiger charge is 2.12. The number of rotatable bonds is 5. The van der Waals surface area contributed by atoms with Gasteiger partial charge in [-0.1, -0.05) is 13.0 Å². The third-order valence-corrected chi connectivity index (χ3v) is 4.08. The van der Waals surface area contributed by atoms with Crippen molar-refractivity contribution in [2.75, 3.05) is 0 Å². The second kappa shape index (κ2) is 5.29. The second-order valence-corrected chi connectivity index (χ2v) is 5.23. The van der Waals surface area contributed by atoms with E-state index in [1.807, 2.05) is 24.4 Å². The van der Waals surface area contributed by atoms with Crippen molar-refractivity contribution < 1.29 is 9.90 Å². The van der Waals surface area contributed by atoms with Crippen molar-refractivity contribution >= 4 is 29.1 Å². The number of carboxylic acid groups (broad SMARTS) is 1. The van der Waals surface area contributed by atoms with Crippen molar-refractivity contribution in [3.63, 3.8) is 0 Å².